The number of hydrogen-bond acceptors (Lipinski definition) is 3. The van der Waals surface area contributed by atoms with Gasteiger partial charge in [-0.1, -0.05) is 34.8 Å². The minimum atomic E-state index is -0.501. The molecule has 2 amide bonds. The van der Waals surface area contributed by atoms with E-state index in [1.165, 1.54) is 12.1 Å². The van der Waals surface area contributed by atoms with Gasteiger partial charge < -0.3 is 14.5 Å². The molecule has 1 heterocycles. The van der Waals surface area contributed by atoms with Gasteiger partial charge in [0, 0.05) is 32.2 Å². The van der Waals surface area contributed by atoms with E-state index in [2.05, 4.69) is 0 Å². The maximum Gasteiger partial charge on any atom is 0.260 e. The van der Waals surface area contributed by atoms with Crippen molar-refractivity contribution in [2.75, 3.05) is 32.8 Å². The highest BCUT2D eigenvalue weighted by molar-refractivity contribution is 6.42. The van der Waals surface area contributed by atoms with Crippen LogP contribution < -0.4 is 4.74 Å². The Morgan fingerprint density at radius 2 is 1.57 bits per heavy atom. The molecular formula is C19H16Cl3FN2O3. The number of carbonyl (C=O) groups is 2. The van der Waals surface area contributed by atoms with Crippen molar-refractivity contribution in [3.63, 3.8) is 0 Å². The molecule has 0 spiro atoms. The van der Waals surface area contributed by atoms with Crippen LogP contribution in [0.25, 0.3) is 0 Å². The van der Waals surface area contributed by atoms with Crippen LogP contribution in [0, 0.1) is 5.82 Å². The summed E-state index contributed by atoms with van der Waals surface area (Å²) in [5.41, 5.74) is 0.241. The van der Waals surface area contributed by atoms with Gasteiger partial charge in [-0.3, -0.25) is 9.59 Å². The molecule has 9 heteroatoms. The van der Waals surface area contributed by atoms with Crippen LogP contribution in [0.3, 0.4) is 0 Å². The summed E-state index contributed by atoms with van der Waals surface area (Å²) < 4.78 is 18.6. The third-order valence-corrected chi connectivity index (χ3v) is 5.39. The van der Waals surface area contributed by atoms with E-state index in [9.17, 15) is 14.0 Å². The average molecular weight is 446 g/mol. The van der Waals surface area contributed by atoms with Gasteiger partial charge in [0.25, 0.3) is 11.8 Å². The van der Waals surface area contributed by atoms with E-state index >= 15 is 0 Å². The van der Waals surface area contributed by atoms with Crippen LogP contribution in [0.4, 0.5) is 4.39 Å². The summed E-state index contributed by atoms with van der Waals surface area (Å²) in [7, 11) is 0. The highest BCUT2D eigenvalue weighted by Crippen LogP contribution is 2.26. The number of ether oxygens (including phenoxy) is 1. The van der Waals surface area contributed by atoms with Crippen LogP contribution in [0.5, 0.6) is 5.75 Å². The number of amides is 2. The Hall–Kier alpha value is -2.02. The molecule has 1 saturated heterocycles. The van der Waals surface area contributed by atoms with Crippen molar-refractivity contribution >= 4 is 46.6 Å². The van der Waals surface area contributed by atoms with Gasteiger partial charge in [0.1, 0.15) is 11.6 Å². The van der Waals surface area contributed by atoms with Gasteiger partial charge in [-0.2, -0.15) is 0 Å². The largest absolute Gasteiger partial charge is 0.484 e. The average Bonchev–Trinajstić information content (AvgIpc) is 2.68. The standard InChI is InChI=1S/C19H16Cl3FN2O3/c20-15-4-2-13(10-17(15)22)28-11-18(26)24-5-7-25(8-6-24)19(27)14-3-1-12(23)9-16(14)21/h1-4,9-10H,5-8,11H2. The van der Waals surface area contributed by atoms with Crippen LogP contribution in [-0.2, 0) is 4.79 Å². The van der Waals surface area contributed by atoms with Gasteiger partial charge in [-0.05, 0) is 30.3 Å². The van der Waals surface area contributed by atoms with Crippen molar-refractivity contribution in [1.29, 1.82) is 0 Å². The molecule has 0 aromatic heterocycles. The molecule has 0 saturated carbocycles. The molecular weight excluding hydrogens is 430 g/mol. The van der Waals surface area contributed by atoms with Crippen molar-refractivity contribution in [3.05, 3.63) is 62.8 Å². The number of hydrogen-bond donors (Lipinski definition) is 0. The molecule has 1 fully saturated rings. The van der Waals surface area contributed by atoms with Crippen molar-refractivity contribution in [2.45, 2.75) is 0 Å². The number of piperazine rings is 1. The second-order valence-corrected chi connectivity index (χ2v) is 7.38. The Labute approximate surface area is 176 Å². The summed E-state index contributed by atoms with van der Waals surface area (Å²) in [6.07, 6.45) is 0. The zero-order valence-corrected chi connectivity index (χ0v) is 16.9. The van der Waals surface area contributed by atoms with E-state index in [0.29, 0.717) is 42.0 Å². The van der Waals surface area contributed by atoms with Crippen LogP contribution >= 0.6 is 34.8 Å². The number of benzene rings is 2. The SMILES string of the molecule is O=C(COc1ccc(Cl)c(Cl)c1)N1CCN(C(=O)c2ccc(F)cc2Cl)CC1. The molecule has 2 aromatic carbocycles. The molecule has 0 atom stereocenters. The highest BCUT2D eigenvalue weighted by Gasteiger charge is 2.26. The first-order valence-corrected chi connectivity index (χ1v) is 9.58. The van der Waals surface area contributed by atoms with Gasteiger partial charge in [-0.25, -0.2) is 4.39 Å². The summed E-state index contributed by atoms with van der Waals surface area (Å²) in [4.78, 5) is 28.1. The van der Waals surface area contributed by atoms with E-state index in [1.807, 2.05) is 0 Å². The zero-order valence-electron chi connectivity index (χ0n) is 14.6. The molecule has 1 aliphatic heterocycles. The van der Waals surface area contributed by atoms with Gasteiger partial charge >= 0.3 is 0 Å². The fraction of sp³-hybridized carbons (Fsp3) is 0.263. The Bertz CT molecular complexity index is 902. The van der Waals surface area contributed by atoms with Gasteiger partial charge in [0.15, 0.2) is 6.61 Å². The predicted molar refractivity (Wildman–Crippen MR) is 106 cm³/mol. The van der Waals surface area contributed by atoms with Crippen molar-refractivity contribution in [2.24, 2.45) is 0 Å². The molecule has 1 aliphatic rings. The fourth-order valence-electron chi connectivity index (χ4n) is 2.80. The van der Waals surface area contributed by atoms with Crippen molar-refractivity contribution in [3.8, 4) is 5.75 Å². The number of nitrogens with zero attached hydrogens (tertiary/aromatic N) is 2. The Morgan fingerprint density at radius 3 is 2.21 bits per heavy atom. The second kappa shape index (κ2) is 8.99. The highest BCUT2D eigenvalue weighted by atomic mass is 35.5. The Morgan fingerprint density at radius 1 is 0.893 bits per heavy atom. The quantitative estimate of drug-likeness (QED) is 0.710. The first kappa shape index (κ1) is 20.7. The summed E-state index contributed by atoms with van der Waals surface area (Å²) >= 11 is 17.7. The topological polar surface area (TPSA) is 49.9 Å². The maximum atomic E-state index is 13.2. The molecule has 148 valence electrons. The molecule has 28 heavy (non-hydrogen) atoms. The maximum absolute atomic E-state index is 13.2. The smallest absolute Gasteiger partial charge is 0.260 e. The molecule has 5 nitrogen and oxygen atoms in total. The lowest BCUT2D eigenvalue weighted by atomic mass is 10.1. The first-order valence-electron chi connectivity index (χ1n) is 8.45. The Balaban J connectivity index is 1.52. The zero-order chi connectivity index (χ0) is 20.3. The van der Waals surface area contributed by atoms with Gasteiger partial charge in [0.2, 0.25) is 0 Å². The van der Waals surface area contributed by atoms with Crippen LogP contribution in [0.1, 0.15) is 10.4 Å². The van der Waals surface area contributed by atoms with E-state index in [-0.39, 0.29) is 29.0 Å². The predicted octanol–water partition coefficient (Wildman–Crippen LogP) is 4.15. The molecule has 0 radical (unpaired) electrons. The number of halogens is 4. The molecule has 0 unspecified atom stereocenters. The number of rotatable bonds is 4. The summed E-state index contributed by atoms with van der Waals surface area (Å²) in [5, 5.41) is 0.819. The lowest BCUT2D eigenvalue weighted by Gasteiger charge is -2.34. The third kappa shape index (κ3) is 4.87. The summed E-state index contributed by atoms with van der Waals surface area (Å²) in [6, 6.07) is 8.43. The van der Waals surface area contributed by atoms with Gasteiger partial charge in [-0.15, -0.1) is 0 Å². The molecule has 2 aromatic rings. The lowest BCUT2D eigenvalue weighted by molar-refractivity contribution is -0.134. The van der Waals surface area contributed by atoms with Crippen molar-refractivity contribution < 1.29 is 18.7 Å². The minimum absolute atomic E-state index is 0.0681. The van der Waals surface area contributed by atoms with Crippen LogP contribution in [-0.4, -0.2) is 54.4 Å². The Kier molecular flexibility index (Phi) is 6.65. The fourth-order valence-corrected chi connectivity index (χ4v) is 3.33. The van der Waals surface area contributed by atoms with E-state index in [0.717, 1.165) is 6.07 Å². The van der Waals surface area contributed by atoms with E-state index in [4.69, 9.17) is 39.5 Å². The minimum Gasteiger partial charge on any atom is -0.484 e. The first-order chi connectivity index (χ1) is 13.3. The van der Waals surface area contributed by atoms with Crippen LogP contribution in [0.15, 0.2) is 36.4 Å². The normalized spacial score (nSPS) is 14.1. The monoisotopic (exact) mass is 444 g/mol. The van der Waals surface area contributed by atoms with Crippen LogP contribution in [0.2, 0.25) is 15.1 Å². The second-order valence-electron chi connectivity index (χ2n) is 6.16. The van der Waals surface area contributed by atoms with Crippen molar-refractivity contribution in [1.82, 2.24) is 9.80 Å². The molecule has 3 rings (SSSR count). The van der Waals surface area contributed by atoms with E-state index in [1.54, 1.807) is 28.0 Å². The summed E-state index contributed by atoms with van der Waals surface area (Å²) in [6.45, 7) is 1.30. The molecule has 0 bridgehead atoms. The van der Waals surface area contributed by atoms with Gasteiger partial charge in [0.05, 0.1) is 20.6 Å². The van der Waals surface area contributed by atoms with E-state index < -0.39 is 5.82 Å². The number of carbonyl (C=O) groups excluding carboxylic acids is 2. The third-order valence-electron chi connectivity index (χ3n) is 4.33. The summed E-state index contributed by atoms with van der Waals surface area (Å²) in [5.74, 6) is -0.538. The molecule has 0 N–H and O–H groups in total. The lowest BCUT2D eigenvalue weighted by Crippen LogP contribution is -2.51. The molecule has 0 aliphatic carbocycles.